The highest BCUT2D eigenvalue weighted by molar-refractivity contribution is 5.87. The van der Waals surface area contributed by atoms with Gasteiger partial charge in [-0.2, -0.15) is 5.10 Å². The van der Waals surface area contributed by atoms with Crippen molar-refractivity contribution in [1.82, 2.24) is 15.1 Å². The molecule has 0 spiro atoms. The van der Waals surface area contributed by atoms with Crippen LogP contribution in [0.3, 0.4) is 0 Å². The maximum Gasteiger partial charge on any atom is 0.119 e. The molecule has 4 rings (SSSR count). The quantitative estimate of drug-likeness (QED) is 0.794. The van der Waals surface area contributed by atoms with Crippen LogP contribution in [0.4, 0.5) is 5.69 Å². The molecule has 0 amide bonds. The van der Waals surface area contributed by atoms with E-state index in [1.807, 2.05) is 46.4 Å². The molecule has 142 valence electrons. The van der Waals surface area contributed by atoms with E-state index < -0.39 is 0 Å². The Kier molecular flexibility index (Phi) is 4.59. The van der Waals surface area contributed by atoms with Crippen LogP contribution in [0.2, 0.25) is 0 Å². The number of hydrogen-bond acceptors (Lipinski definition) is 7. The van der Waals surface area contributed by atoms with Gasteiger partial charge in [-0.05, 0) is 17.7 Å². The Morgan fingerprint density at radius 3 is 2.81 bits per heavy atom. The van der Waals surface area contributed by atoms with Crippen molar-refractivity contribution in [1.29, 1.82) is 0 Å². The van der Waals surface area contributed by atoms with Crippen LogP contribution < -0.4 is 20.7 Å². The molecule has 1 atom stereocenters. The third-order valence-electron chi connectivity index (χ3n) is 5.17. The fourth-order valence-electron chi connectivity index (χ4n) is 3.60. The largest absolute Gasteiger partial charge is 0.497 e. The highest BCUT2D eigenvalue weighted by Crippen LogP contribution is 2.37. The van der Waals surface area contributed by atoms with Crippen LogP contribution in [-0.4, -0.2) is 55.1 Å². The first-order valence-electron chi connectivity index (χ1n) is 8.85. The average Bonchev–Trinajstić information content (AvgIpc) is 3.14. The van der Waals surface area contributed by atoms with E-state index in [9.17, 15) is 0 Å². The second kappa shape index (κ2) is 7.05. The lowest BCUT2D eigenvalue weighted by molar-refractivity contribution is -0.0814. The van der Waals surface area contributed by atoms with Crippen molar-refractivity contribution in [3.05, 3.63) is 54.6 Å². The molecule has 2 aliphatic rings. The highest BCUT2D eigenvalue weighted by Gasteiger charge is 2.47. The van der Waals surface area contributed by atoms with Gasteiger partial charge in [-0.25, -0.2) is 4.99 Å². The fourth-order valence-corrected chi connectivity index (χ4v) is 3.60. The Labute approximate surface area is 158 Å². The first kappa shape index (κ1) is 17.6. The van der Waals surface area contributed by atoms with Crippen LogP contribution in [0, 0.1) is 0 Å². The molecular weight excluding hydrogens is 344 g/mol. The number of nitrogens with two attached hydrogens (primary N) is 1. The van der Waals surface area contributed by atoms with Crippen LogP contribution in [0.15, 0.2) is 54.1 Å². The molecule has 1 unspecified atom stereocenters. The summed E-state index contributed by atoms with van der Waals surface area (Å²) in [5.41, 5.74) is 7.53. The van der Waals surface area contributed by atoms with Crippen molar-refractivity contribution in [2.24, 2.45) is 10.7 Å². The number of aliphatic imine (C=N–C) groups is 1. The van der Waals surface area contributed by atoms with Gasteiger partial charge in [0.1, 0.15) is 23.2 Å². The molecule has 1 saturated heterocycles. The Bertz CT molecular complexity index is 865. The summed E-state index contributed by atoms with van der Waals surface area (Å²) < 4.78 is 13.3. The van der Waals surface area contributed by atoms with Gasteiger partial charge in [0.05, 0.1) is 25.5 Å². The molecule has 1 fully saturated rings. The molecule has 1 aromatic heterocycles. The topological polar surface area (TPSA) is 89.9 Å². The van der Waals surface area contributed by atoms with Crippen molar-refractivity contribution in [3.8, 4) is 5.75 Å². The van der Waals surface area contributed by atoms with Crippen LogP contribution in [0.1, 0.15) is 11.6 Å². The van der Waals surface area contributed by atoms with E-state index in [0.29, 0.717) is 12.4 Å². The number of aromatic nitrogens is 2. The Balaban J connectivity index is 1.71. The summed E-state index contributed by atoms with van der Waals surface area (Å²) in [4.78, 5) is 6.11. The minimum atomic E-state index is -0.367. The number of rotatable bonds is 6. The number of benzene rings is 1. The first-order chi connectivity index (χ1) is 13.1. The predicted octanol–water partition coefficient (Wildman–Crippen LogP) is 1.12. The van der Waals surface area contributed by atoms with Gasteiger partial charge in [0.25, 0.3) is 0 Å². The van der Waals surface area contributed by atoms with Crippen LogP contribution in [0.5, 0.6) is 5.75 Å². The summed E-state index contributed by atoms with van der Waals surface area (Å²) in [5.74, 6) is 1.39. The second-order valence-electron chi connectivity index (χ2n) is 6.78. The summed E-state index contributed by atoms with van der Waals surface area (Å²) in [6, 6.07) is 7.96. The van der Waals surface area contributed by atoms with Gasteiger partial charge in [-0.3, -0.25) is 4.68 Å². The number of nitrogens with zero attached hydrogens (tertiary/aromatic N) is 4. The summed E-state index contributed by atoms with van der Waals surface area (Å²) in [7, 11) is 3.43. The second-order valence-corrected chi connectivity index (χ2v) is 6.78. The monoisotopic (exact) mass is 368 g/mol. The molecule has 2 aliphatic heterocycles. The predicted molar refractivity (Wildman–Crippen MR) is 104 cm³/mol. The van der Waals surface area contributed by atoms with Gasteiger partial charge in [0, 0.05) is 38.8 Å². The minimum absolute atomic E-state index is 0.0904. The SMILES string of the molecule is COc1cccc(C(n2cc(N3C=CN=C(N)C3)cn2)C2(OC)CNC2)c1. The maximum atomic E-state index is 5.96. The highest BCUT2D eigenvalue weighted by atomic mass is 16.5. The summed E-state index contributed by atoms with van der Waals surface area (Å²) >= 11 is 0. The molecule has 0 aliphatic carbocycles. The van der Waals surface area contributed by atoms with E-state index >= 15 is 0 Å². The van der Waals surface area contributed by atoms with Crippen molar-refractivity contribution < 1.29 is 9.47 Å². The molecule has 0 bridgehead atoms. The lowest BCUT2D eigenvalue weighted by atomic mass is 9.83. The normalized spacial score (nSPS) is 19.3. The molecule has 0 saturated carbocycles. The van der Waals surface area contributed by atoms with E-state index in [1.54, 1.807) is 20.4 Å². The van der Waals surface area contributed by atoms with Gasteiger partial charge < -0.3 is 25.4 Å². The van der Waals surface area contributed by atoms with Crippen LogP contribution in [0.25, 0.3) is 0 Å². The molecular formula is C19H24N6O2. The fraction of sp³-hybridized carbons (Fsp3) is 0.368. The smallest absolute Gasteiger partial charge is 0.119 e. The molecule has 3 N–H and O–H groups in total. The zero-order valence-electron chi connectivity index (χ0n) is 15.5. The molecule has 3 heterocycles. The van der Waals surface area contributed by atoms with E-state index in [0.717, 1.165) is 30.1 Å². The number of anilines is 1. The number of methoxy groups -OCH3 is 2. The summed E-state index contributed by atoms with van der Waals surface area (Å²) in [5, 5.41) is 7.98. The Hall–Kier alpha value is -2.84. The lowest BCUT2D eigenvalue weighted by Crippen LogP contribution is -2.65. The van der Waals surface area contributed by atoms with Gasteiger partial charge in [0.15, 0.2) is 0 Å². The number of nitrogens with one attached hydrogen (secondary N) is 1. The summed E-state index contributed by atoms with van der Waals surface area (Å²) in [6.07, 6.45) is 7.45. The van der Waals surface area contributed by atoms with Crippen molar-refractivity contribution in [2.45, 2.75) is 11.6 Å². The number of hydrogen-bond donors (Lipinski definition) is 2. The van der Waals surface area contributed by atoms with E-state index in [-0.39, 0.29) is 11.6 Å². The van der Waals surface area contributed by atoms with E-state index in [2.05, 4.69) is 21.5 Å². The lowest BCUT2D eigenvalue weighted by Gasteiger charge is -2.47. The zero-order valence-corrected chi connectivity index (χ0v) is 15.5. The van der Waals surface area contributed by atoms with Crippen LogP contribution >= 0.6 is 0 Å². The molecule has 2 aromatic rings. The maximum absolute atomic E-state index is 5.96. The third kappa shape index (κ3) is 3.17. The number of amidine groups is 1. The molecule has 8 nitrogen and oxygen atoms in total. The zero-order chi connectivity index (χ0) is 18.9. The van der Waals surface area contributed by atoms with E-state index in [4.69, 9.17) is 15.2 Å². The molecule has 8 heteroatoms. The van der Waals surface area contributed by atoms with E-state index in [1.165, 1.54) is 0 Å². The van der Waals surface area contributed by atoms with Crippen LogP contribution in [-0.2, 0) is 4.74 Å². The third-order valence-corrected chi connectivity index (χ3v) is 5.17. The standard InChI is InChI=1S/C19H24N6O2/c1-26-16-5-3-4-14(8-16)18(19(27-2)12-21-13-19)25-10-15(9-23-25)24-7-6-22-17(20)11-24/h3-10,18,21H,11-13H2,1-2H3,(H2,20,22). The molecule has 0 radical (unpaired) electrons. The van der Waals surface area contributed by atoms with Gasteiger partial charge >= 0.3 is 0 Å². The Morgan fingerprint density at radius 2 is 2.15 bits per heavy atom. The van der Waals surface area contributed by atoms with Gasteiger partial charge in [-0.15, -0.1) is 0 Å². The minimum Gasteiger partial charge on any atom is -0.497 e. The van der Waals surface area contributed by atoms with Gasteiger partial charge in [0.2, 0.25) is 0 Å². The first-order valence-corrected chi connectivity index (χ1v) is 8.85. The Morgan fingerprint density at radius 1 is 1.30 bits per heavy atom. The number of ether oxygens (including phenoxy) is 2. The molecule has 1 aromatic carbocycles. The van der Waals surface area contributed by atoms with Crippen molar-refractivity contribution in [3.63, 3.8) is 0 Å². The summed E-state index contributed by atoms with van der Waals surface area (Å²) in [6.45, 7) is 2.05. The van der Waals surface area contributed by atoms with Crippen molar-refractivity contribution >= 4 is 11.5 Å². The van der Waals surface area contributed by atoms with Gasteiger partial charge in [-0.1, -0.05) is 12.1 Å². The average molecular weight is 368 g/mol. The molecule has 27 heavy (non-hydrogen) atoms. The van der Waals surface area contributed by atoms with Crippen molar-refractivity contribution in [2.75, 3.05) is 38.8 Å².